The monoisotopic (exact) mass is 328 g/mol. The van der Waals surface area contributed by atoms with Crippen LogP contribution >= 0.6 is 11.6 Å². The molecule has 1 aromatic carbocycles. The highest BCUT2D eigenvalue weighted by Gasteiger charge is 2.25. The molecule has 0 bridgehead atoms. The van der Waals surface area contributed by atoms with Crippen LogP contribution in [0.1, 0.15) is 34.6 Å². The van der Waals surface area contributed by atoms with Crippen LogP contribution in [0, 0.1) is 17.2 Å². The van der Waals surface area contributed by atoms with E-state index in [9.17, 15) is 4.79 Å². The molecule has 5 nitrogen and oxygen atoms in total. The maximum Gasteiger partial charge on any atom is 0.255 e. The van der Waals surface area contributed by atoms with Crippen LogP contribution in [0.4, 0.5) is 0 Å². The molecule has 1 aliphatic rings. The Morgan fingerprint density at radius 3 is 2.87 bits per heavy atom. The van der Waals surface area contributed by atoms with E-state index in [1.165, 1.54) is 0 Å². The quantitative estimate of drug-likeness (QED) is 0.941. The fourth-order valence-corrected chi connectivity index (χ4v) is 3.15. The normalized spacial score (nSPS) is 15.4. The van der Waals surface area contributed by atoms with E-state index in [1.54, 1.807) is 24.4 Å². The standard InChI is InChI=1S/C17H17ClN4O/c18-15-2-1-13(11-19)9-14(15)17(23)22-7-3-12(4-8-22)10-16-20-5-6-21-16/h1-2,5-6,9,12H,3-4,7-8,10H2,(H,20,21). The third-order valence-electron chi connectivity index (χ3n) is 4.26. The Kier molecular flexibility index (Phi) is 4.63. The van der Waals surface area contributed by atoms with Gasteiger partial charge in [-0.3, -0.25) is 4.79 Å². The van der Waals surface area contributed by atoms with E-state index in [1.807, 2.05) is 17.2 Å². The van der Waals surface area contributed by atoms with Gasteiger partial charge < -0.3 is 9.88 Å². The summed E-state index contributed by atoms with van der Waals surface area (Å²) < 4.78 is 0. The topological polar surface area (TPSA) is 72.8 Å². The number of hydrogen-bond acceptors (Lipinski definition) is 3. The third-order valence-corrected chi connectivity index (χ3v) is 4.59. The van der Waals surface area contributed by atoms with Gasteiger partial charge in [0.05, 0.1) is 22.2 Å². The molecule has 0 unspecified atom stereocenters. The van der Waals surface area contributed by atoms with Crippen LogP contribution in [-0.4, -0.2) is 33.9 Å². The van der Waals surface area contributed by atoms with Crippen molar-refractivity contribution in [1.82, 2.24) is 14.9 Å². The van der Waals surface area contributed by atoms with Crippen molar-refractivity contribution < 1.29 is 4.79 Å². The van der Waals surface area contributed by atoms with E-state index < -0.39 is 0 Å². The first kappa shape index (κ1) is 15.6. The predicted molar refractivity (Wildman–Crippen MR) is 87.1 cm³/mol. The number of nitriles is 1. The molecule has 0 saturated carbocycles. The number of halogens is 1. The smallest absolute Gasteiger partial charge is 0.255 e. The van der Waals surface area contributed by atoms with E-state index in [2.05, 4.69) is 9.97 Å². The van der Waals surface area contributed by atoms with Crippen molar-refractivity contribution in [1.29, 1.82) is 5.26 Å². The lowest BCUT2D eigenvalue weighted by atomic mass is 9.93. The van der Waals surface area contributed by atoms with Crippen molar-refractivity contribution in [3.8, 4) is 6.07 Å². The Morgan fingerprint density at radius 2 is 2.22 bits per heavy atom. The lowest BCUT2D eigenvalue weighted by Crippen LogP contribution is -2.39. The second-order valence-corrected chi connectivity index (χ2v) is 6.19. The average Bonchev–Trinajstić information content (AvgIpc) is 3.08. The summed E-state index contributed by atoms with van der Waals surface area (Å²) in [5.74, 6) is 1.44. The molecule has 6 heteroatoms. The average molecular weight is 329 g/mol. The number of imidazole rings is 1. The lowest BCUT2D eigenvalue weighted by Gasteiger charge is -2.32. The molecule has 2 heterocycles. The Balaban J connectivity index is 1.63. The Bertz CT molecular complexity index is 728. The summed E-state index contributed by atoms with van der Waals surface area (Å²) >= 11 is 6.12. The number of hydrogen-bond donors (Lipinski definition) is 1. The van der Waals surface area contributed by atoms with Gasteiger partial charge in [-0.15, -0.1) is 0 Å². The number of H-pyrrole nitrogens is 1. The zero-order chi connectivity index (χ0) is 16.2. The summed E-state index contributed by atoms with van der Waals surface area (Å²) in [6, 6.07) is 6.84. The van der Waals surface area contributed by atoms with Crippen LogP contribution < -0.4 is 0 Å². The second kappa shape index (κ2) is 6.84. The minimum Gasteiger partial charge on any atom is -0.349 e. The first-order chi connectivity index (χ1) is 11.2. The number of carbonyl (C=O) groups excluding carboxylic acids is 1. The highest BCUT2D eigenvalue weighted by atomic mass is 35.5. The molecule has 0 aliphatic carbocycles. The van der Waals surface area contributed by atoms with Crippen molar-refractivity contribution in [2.45, 2.75) is 19.3 Å². The minimum absolute atomic E-state index is 0.0939. The number of carbonyl (C=O) groups is 1. The summed E-state index contributed by atoms with van der Waals surface area (Å²) in [5.41, 5.74) is 0.862. The number of likely N-dealkylation sites (tertiary alicyclic amines) is 1. The van der Waals surface area contributed by atoms with Crippen LogP contribution in [0.15, 0.2) is 30.6 Å². The van der Waals surface area contributed by atoms with Gasteiger partial charge in [0.15, 0.2) is 0 Å². The molecule has 1 fully saturated rings. The molecule has 0 atom stereocenters. The molecule has 23 heavy (non-hydrogen) atoms. The van der Waals surface area contributed by atoms with Crippen LogP contribution in [0.3, 0.4) is 0 Å². The predicted octanol–water partition coefficient (Wildman–Crippen LogP) is 3.03. The van der Waals surface area contributed by atoms with Crippen LogP contribution in [0.2, 0.25) is 5.02 Å². The van der Waals surface area contributed by atoms with E-state index >= 15 is 0 Å². The van der Waals surface area contributed by atoms with Gasteiger partial charge in [-0.05, 0) is 37.0 Å². The van der Waals surface area contributed by atoms with Crippen LogP contribution in [0.5, 0.6) is 0 Å². The van der Waals surface area contributed by atoms with Gasteiger partial charge >= 0.3 is 0 Å². The minimum atomic E-state index is -0.0939. The Morgan fingerprint density at radius 1 is 1.43 bits per heavy atom. The zero-order valence-electron chi connectivity index (χ0n) is 12.6. The van der Waals surface area contributed by atoms with Crippen LogP contribution in [0.25, 0.3) is 0 Å². The molecular formula is C17H17ClN4O. The van der Waals surface area contributed by atoms with Gasteiger partial charge in [0, 0.05) is 31.9 Å². The largest absolute Gasteiger partial charge is 0.349 e. The van der Waals surface area contributed by atoms with Crippen molar-refractivity contribution in [2.24, 2.45) is 5.92 Å². The Labute approximate surface area is 139 Å². The van der Waals surface area contributed by atoms with Gasteiger partial charge in [-0.25, -0.2) is 4.98 Å². The van der Waals surface area contributed by atoms with Gasteiger partial charge in [0.25, 0.3) is 5.91 Å². The van der Waals surface area contributed by atoms with Crippen LogP contribution in [-0.2, 0) is 6.42 Å². The maximum atomic E-state index is 12.6. The highest BCUT2D eigenvalue weighted by Crippen LogP contribution is 2.24. The first-order valence-corrected chi connectivity index (χ1v) is 8.02. The number of amides is 1. The van der Waals surface area contributed by atoms with Crippen molar-refractivity contribution in [3.05, 3.63) is 52.6 Å². The van der Waals surface area contributed by atoms with E-state index in [4.69, 9.17) is 16.9 Å². The number of piperidine rings is 1. The maximum absolute atomic E-state index is 12.6. The third kappa shape index (κ3) is 3.54. The number of aromatic amines is 1. The zero-order valence-corrected chi connectivity index (χ0v) is 13.4. The number of nitrogens with zero attached hydrogens (tertiary/aromatic N) is 3. The molecule has 1 aliphatic heterocycles. The molecule has 3 rings (SSSR count). The van der Waals surface area contributed by atoms with Gasteiger partial charge in [0.1, 0.15) is 5.82 Å². The van der Waals surface area contributed by atoms with Gasteiger partial charge in [-0.2, -0.15) is 5.26 Å². The molecule has 0 radical (unpaired) electrons. The van der Waals surface area contributed by atoms with Crippen molar-refractivity contribution >= 4 is 17.5 Å². The highest BCUT2D eigenvalue weighted by molar-refractivity contribution is 6.33. The molecule has 2 aromatic rings. The van der Waals surface area contributed by atoms with Gasteiger partial charge in [0.2, 0.25) is 0 Å². The summed E-state index contributed by atoms with van der Waals surface area (Å²) in [5, 5.41) is 9.37. The van der Waals surface area contributed by atoms with E-state index in [-0.39, 0.29) is 5.91 Å². The molecule has 1 N–H and O–H groups in total. The van der Waals surface area contributed by atoms with E-state index in [0.717, 1.165) is 25.1 Å². The SMILES string of the molecule is N#Cc1ccc(Cl)c(C(=O)N2CCC(Cc3ncc[nH]3)CC2)c1. The number of rotatable bonds is 3. The molecular weight excluding hydrogens is 312 g/mol. The summed E-state index contributed by atoms with van der Waals surface area (Å²) in [6.45, 7) is 1.41. The van der Waals surface area contributed by atoms with Gasteiger partial charge in [-0.1, -0.05) is 11.6 Å². The number of nitrogens with one attached hydrogen (secondary N) is 1. The number of aromatic nitrogens is 2. The Hall–Kier alpha value is -2.32. The fourth-order valence-electron chi connectivity index (χ4n) is 2.95. The lowest BCUT2D eigenvalue weighted by molar-refractivity contribution is 0.0690. The molecule has 0 spiro atoms. The second-order valence-electron chi connectivity index (χ2n) is 5.78. The summed E-state index contributed by atoms with van der Waals surface area (Å²) in [7, 11) is 0. The molecule has 1 aromatic heterocycles. The van der Waals surface area contributed by atoms with E-state index in [0.29, 0.717) is 35.2 Å². The molecule has 1 saturated heterocycles. The fraction of sp³-hybridized carbons (Fsp3) is 0.353. The summed E-state index contributed by atoms with van der Waals surface area (Å²) in [6.07, 6.45) is 6.40. The number of benzene rings is 1. The molecule has 118 valence electrons. The molecule has 1 amide bonds. The first-order valence-electron chi connectivity index (χ1n) is 7.64. The van der Waals surface area contributed by atoms with Crippen molar-refractivity contribution in [3.63, 3.8) is 0 Å². The summed E-state index contributed by atoms with van der Waals surface area (Å²) in [4.78, 5) is 21.8. The van der Waals surface area contributed by atoms with Crippen molar-refractivity contribution in [2.75, 3.05) is 13.1 Å².